The molecule has 1 aromatic carbocycles. The molecule has 4 heteroatoms. The summed E-state index contributed by atoms with van der Waals surface area (Å²) in [6.45, 7) is 0.788. The lowest BCUT2D eigenvalue weighted by Crippen LogP contribution is -2.51. The standard InChI is InChI=1S/C11H11BrFNO/c12-7-4-8(13)10-9(5-7)14-6-11(15-10)2-1-3-11/h4-5,14H,1-3,6H2. The average Bonchev–Trinajstić information content (AvgIpc) is 2.15. The maximum absolute atomic E-state index is 13.6. The van der Waals surface area contributed by atoms with Crippen molar-refractivity contribution in [1.82, 2.24) is 0 Å². The van der Waals surface area contributed by atoms with Crippen molar-refractivity contribution in [2.45, 2.75) is 24.9 Å². The molecule has 0 amide bonds. The van der Waals surface area contributed by atoms with Gasteiger partial charge in [0.15, 0.2) is 11.6 Å². The second-order valence-corrected chi connectivity index (χ2v) is 5.17. The van der Waals surface area contributed by atoms with Gasteiger partial charge in [-0.25, -0.2) is 4.39 Å². The molecule has 1 saturated carbocycles. The summed E-state index contributed by atoms with van der Waals surface area (Å²) in [7, 11) is 0. The van der Waals surface area contributed by atoms with Gasteiger partial charge in [0.25, 0.3) is 0 Å². The van der Waals surface area contributed by atoms with E-state index < -0.39 is 0 Å². The highest BCUT2D eigenvalue weighted by molar-refractivity contribution is 9.10. The molecular formula is C11H11BrFNO. The van der Waals surface area contributed by atoms with Gasteiger partial charge in [0.2, 0.25) is 0 Å². The third kappa shape index (κ3) is 1.42. The van der Waals surface area contributed by atoms with Crippen molar-refractivity contribution in [3.8, 4) is 5.75 Å². The first-order valence-electron chi connectivity index (χ1n) is 5.11. The number of benzene rings is 1. The zero-order valence-corrected chi connectivity index (χ0v) is 9.73. The molecule has 0 saturated heterocycles. The van der Waals surface area contributed by atoms with Crippen molar-refractivity contribution in [1.29, 1.82) is 0 Å². The van der Waals surface area contributed by atoms with Crippen molar-refractivity contribution in [3.05, 3.63) is 22.4 Å². The minimum absolute atomic E-state index is 0.137. The molecule has 15 heavy (non-hydrogen) atoms. The van der Waals surface area contributed by atoms with Gasteiger partial charge in [-0.15, -0.1) is 0 Å². The lowest BCUT2D eigenvalue weighted by molar-refractivity contribution is -0.00314. The van der Waals surface area contributed by atoms with Gasteiger partial charge in [0, 0.05) is 4.47 Å². The van der Waals surface area contributed by atoms with Gasteiger partial charge < -0.3 is 10.1 Å². The van der Waals surface area contributed by atoms with E-state index in [0.717, 1.165) is 29.5 Å². The van der Waals surface area contributed by atoms with Crippen molar-refractivity contribution in [2.24, 2.45) is 0 Å². The average molecular weight is 272 g/mol. The number of ether oxygens (including phenoxy) is 1. The molecule has 2 aliphatic rings. The van der Waals surface area contributed by atoms with E-state index in [0.29, 0.717) is 5.75 Å². The highest BCUT2D eigenvalue weighted by atomic mass is 79.9. The predicted molar refractivity (Wildman–Crippen MR) is 59.8 cm³/mol. The fourth-order valence-corrected chi connectivity index (χ4v) is 2.58. The van der Waals surface area contributed by atoms with E-state index in [9.17, 15) is 4.39 Å². The Morgan fingerprint density at radius 1 is 1.40 bits per heavy atom. The summed E-state index contributed by atoms with van der Waals surface area (Å²) >= 11 is 3.27. The lowest BCUT2D eigenvalue weighted by Gasteiger charge is -2.45. The number of halogens is 2. The molecule has 0 atom stereocenters. The molecule has 1 N–H and O–H groups in total. The van der Waals surface area contributed by atoms with E-state index in [4.69, 9.17) is 4.74 Å². The Balaban J connectivity index is 2.01. The van der Waals surface area contributed by atoms with Gasteiger partial charge in [-0.3, -0.25) is 0 Å². The van der Waals surface area contributed by atoms with Crippen LogP contribution in [0.3, 0.4) is 0 Å². The minimum atomic E-state index is -0.294. The SMILES string of the molecule is Fc1cc(Br)cc2c1OC1(CCC1)CN2. The maximum atomic E-state index is 13.6. The van der Waals surface area contributed by atoms with Crippen LogP contribution in [0.1, 0.15) is 19.3 Å². The van der Waals surface area contributed by atoms with Gasteiger partial charge in [-0.2, -0.15) is 0 Å². The molecule has 2 nitrogen and oxygen atoms in total. The number of rotatable bonds is 0. The number of fused-ring (bicyclic) bond motifs is 1. The summed E-state index contributed by atoms with van der Waals surface area (Å²) in [5.41, 5.74) is 0.612. The van der Waals surface area contributed by atoms with E-state index in [1.807, 2.05) is 6.07 Å². The van der Waals surface area contributed by atoms with Crippen LogP contribution >= 0.6 is 15.9 Å². The Morgan fingerprint density at radius 3 is 2.87 bits per heavy atom. The molecule has 0 bridgehead atoms. The summed E-state index contributed by atoms with van der Waals surface area (Å²) in [6, 6.07) is 3.29. The predicted octanol–water partition coefficient (Wildman–Crippen LogP) is 3.32. The topological polar surface area (TPSA) is 21.3 Å². The summed E-state index contributed by atoms with van der Waals surface area (Å²) in [4.78, 5) is 0. The quantitative estimate of drug-likeness (QED) is 0.782. The highest BCUT2D eigenvalue weighted by Gasteiger charge is 2.42. The summed E-state index contributed by atoms with van der Waals surface area (Å²) in [5, 5.41) is 3.24. The molecule has 1 aliphatic heterocycles. The summed E-state index contributed by atoms with van der Waals surface area (Å²) < 4.78 is 20.2. The van der Waals surface area contributed by atoms with Crippen LogP contribution in [-0.2, 0) is 0 Å². The Morgan fingerprint density at radius 2 is 2.20 bits per heavy atom. The van der Waals surface area contributed by atoms with E-state index in [-0.39, 0.29) is 11.4 Å². The fourth-order valence-electron chi connectivity index (χ4n) is 2.15. The largest absolute Gasteiger partial charge is 0.480 e. The number of hydrogen-bond donors (Lipinski definition) is 1. The maximum Gasteiger partial charge on any atom is 0.179 e. The Kier molecular flexibility index (Phi) is 1.96. The summed E-state index contributed by atoms with van der Waals surface area (Å²) in [6.07, 6.45) is 3.22. The van der Waals surface area contributed by atoms with Crippen molar-refractivity contribution in [3.63, 3.8) is 0 Å². The Labute approximate surface area is 95.9 Å². The van der Waals surface area contributed by atoms with Crippen LogP contribution in [0.2, 0.25) is 0 Å². The normalized spacial score (nSPS) is 21.2. The molecule has 0 radical (unpaired) electrons. The molecule has 0 aromatic heterocycles. The smallest absolute Gasteiger partial charge is 0.179 e. The molecule has 1 fully saturated rings. The van der Waals surface area contributed by atoms with Crippen LogP contribution in [0.5, 0.6) is 5.75 Å². The van der Waals surface area contributed by atoms with Crippen molar-refractivity contribution < 1.29 is 9.13 Å². The van der Waals surface area contributed by atoms with E-state index in [2.05, 4.69) is 21.2 Å². The van der Waals surface area contributed by atoms with E-state index in [1.165, 1.54) is 12.5 Å². The van der Waals surface area contributed by atoms with Crippen LogP contribution in [-0.4, -0.2) is 12.1 Å². The molecular weight excluding hydrogens is 261 g/mol. The third-order valence-corrected chi connectivity index (χ3v) is 3.65. The Hall–Kier alpha value is -0.770. The van der Waals surface area contributed by atoms with Gasteiger partial charge >= 0.3 is 0 Å². The van der Waals surface area contributed by atoms with Crippen LogP contribution < -0.4 is 10.1 Å². The first-order chi connectivity index (χ1) is 7.19. The fraction of sp³-hybridized carbons (Fsp3) is 0.455. The number of nitrogens with one attached hydrogen (secondary N) is 1. The monoisotopic (exact) mass is 271 g/mol. The van der Waals surface area contributed by atoms with E-state index >= 15 is 0 Å². The molecule has 0 unspecified atom stereocenters. The van der Waals surface area contributed by atoms with Crippen LogP contribution in [0, 0.1) is 5.82 Å². The molecule has 1 aliphatic carbocycles. The van der Waals surface area contributed by atoms with Crippen LogP contribution in [0.15, 0.2) is 16.6 Å². The van der Waals surface area contributed by atoms with Gasteiger partial charge in [-0.05, 0) is 31.4 Å². The lowest BCUT2D eigenvalue weighted by atomic mass is 9.79. The second kappa shape index (κ2) is 3.11. The third-order valence-electron chi connectivity index (χ3n) is 3.19. The van der Waals surface area contributed by atoms with Crippen LogP contribution in [0.4, 0.5) is 10.1 Å². The zero-order chi connectivity index (χ0) is 10.5. The molecule has 1 aromatic rings. The molecule has 1 spiro atoms. The number of anilines is 1. The first kappa shape index (κ1) is 9.46. The zero-order valence-electron chi connectivity index (χ0n) is 8.15. The van der Waals surface area contributed by atoms with Crippen LogP contribution in [0.25, 0.3) is 0 Å². The van der Waals surface area contributed by atoms with Gasteiger partial charge in [-0.1, -0.05) is 15.9 Å². The molecule has 3 rings (SSSR count). The van der Waals surface area contributed by atoms with Gasteiger partial charge in [0.1, 0.15) is 5.60 Å². The van der Waals surface area contributed by atoms with Crippen molar-refractivity contribution >= 4 is 21.6 Å². The Bertz CT molecular complexity index is 417. The number of hydrogen-bond acceptors (Lipinski definition) is 2. The first-order valence-corrected chi connectivity index (χ1v) is 5.90. The summed E-state index contributed by atoms with van der Waals surface area (Å²) in [5.74, 6) is 0.0852. The second-order valence-electron chi connectivity index (χ2n) is 4.26. The van der Waals surface area contributed by atoms with E-state index in [1.54, 1.807) is 0 Å². The molecule has 80 valence electrons. The van der Waals surface area contributed by atoms with Crippen molar-refractivity contribution in [2.75, 3.05) is 11.9 Å². The molecule has 1 heterocycles. The highest BCUT2D eigenvalue weighted by Crippen LogP contribution is 2.44. The van der Waals surface area contributed by atoms with Gasteiger partial charge in [0.05, 0.1) is 12.2 Å². The minimum Gasteiger partial charge on any atom is -0.480 e.